The molecule has 1 N–H and O–H groups in total. The van der Waals surface area contributed by atoms with Gasteiger partial charge in [0.15, 0.2) is 0 Å². The van der Waals surface area contributed by atoms with Crippen LogP contribution in [-0.4, -0.2) is 13.1 Å². The van der Waals surface area contributed by atoms with Gasteiger partial charge in [-0.1, -0.05) is 6.07 Å². The van der Waals surface area contributed by atoms with E-state index in [-0.39, 0.29) is 5.97 Å². The Hall–Kier alpha value is -1.33. The highest BCUT2D eigenvalue weighted by molar-refractivity contribution is 9.13. The monoisotopic (exact) mass is 397 g/mol. The van der Waals surface area contributed by atoms with Crippen LogP contribution < -0.4 is 5.32 Å². The van der Waals surface area contributed by atoms with Gasteiger partial charge < -0.3 is 10.1 Å². The molecule has 0 saturated heterocycles. The molecule has 2 rings (SSSR count). The molecule has 0 amide bonds. The van der Waals surface area contributed by atoms with Crippen LogP contribution in [0.15, 0.2) is 51.4 Å². The molecule has 0 aromatic heterocycles. The van der Waals surface area contributed by atoms with Gasteiger partial charge in [-0.25, -0.2) is 4.79 Å². The lowest BCUT2D eigenvalue weighted by Crippen LogP contribution is -2.02. The number of hydrogen-bond acceptors (Lipinski definition) is 3. The van der Waals surface area contributed by atoms with Crippen molar-refractivity contribution in [1.82, 2.24) is 0 Å². The van der Waals surface area contributed by atoms with Gasteiger partial charge >= 0.3 is 5.97 Å². The van der Waals surface area contributed by atoms with E-state index in [1.54, 1.807) is 12.1 Å². The van der Waals surface area contributed by atoms with Gasteiger partial charge in [0.25, 0.3) is 0 Å². The third kappa shape index (κ3) is 3.84. The molecule has 2 aromatic carbocycles. The molecule has 5 heteroatoms. The summed E-state index contributed by atoms with van der Waals surface area (Å²) in [4.78, 5) is 11.3. The van der Waals surface area contributed by atoms with E-state index < -0.39 is 0 Å². The molecule has 0 spiro atoms. The molecular weight excluding hydrogens is 386 g/mol. The zero-order valence-electron chi connectivity index (χ0n) is 10.8. The summed E-state index contributed by atoms with van der Waals surface area (Å²) < 4.78 is 6.72. The Morgan fingerprint density at radius 2 is 1.80 bits per heavy atom. The Morgan fingerprint density at radius 1 is 1.10 bits per heavy atom. The highest BCUT2D eigenvalue weighted by Crippen LogP contribution is 2.24. The van der Waals surface area contributed by atoms with Crippen molar-refractivity contribution in [2.24, 2.45) is 0 Å². The second kappa shape index (κ2) is 6.90. The van der Waals surface area contributed by atoms with Gasteiger partial charge in [0.1, 0.15) is 0 Å². The SMILES string of the molecule is COC(=O)c1ccc(NCc2ccc(Br)c(Br)c2)cc1. The second-order valence-corrected chi connectivity index (χ2v) is 5.88. The molecule has 0 aliphatic heterocycles. The van der Waals surface area contributed by atoms with Crippen LogP contribution >= 0.6 is 31.9 Å². The van der Waals surface area contributed by atoms with E-state index in [4.69, 9.17) is 0 Å². The maximum absolute atomic E-state index is 11.3. The van der Waals surface area contributed by atoms with Gasteiger partial charge in [-0.15, -0.1) is 0 Å². The van der Waals surface area contributed by atoms with E-state index in [1.165, 1.54) is 7.11 Å². The smallest absolute Gasteiger partial charge is 0.337 e. The fraction of sp³-hybridized carbons (Fsp3) is 0.133. The molecule has 0 saturated carbocycles. The molecule has 0 radical (unpaired) electrons. The topological polar surface area (TPSA) is 38.3 Å². The van der Waals surface area contributed by atoms with Crippen LogP contribution in [0.25, 0.3) is 0 Å². The van der Waals surface area contributed by atoms with Crippen molar-refractivity contribution in [2.45, 2.75) is 6.54 Å². The first kappa shape index (κ1) is 15.1. The van der Waals surface area contributed by atoms with E-state index in [1.807, 2.05) is 24.3 Å². The van der Waals surface area contributed by atoms with Crippen molar-refractivity contribution in [3.05, 3.63) is 62.5 Å². The van der Waals surface area contributed by atoms with Crippen molar-refractivity contribution >= 4 is 43.5 Å². The molecule has 0 unspecified atom stereocenters. The van der Waals surface area contributed by atoms with Gasteiger partial charge in [-0.3, -0.25) is 0 Å². The molecule has 3 nitrogen and oxygen atoms in total. The first-order valence-corrected chi connectivity index (χ1v) is 7.55. The molecule has 104 valence electrons. The lowest BCUT2D eigenvalue weighted by molar-refractivity contribution is 0.0601. The number of carbonyl (C=O) groups excluding carboxylic acids is 1. The van der Waals surface area contributed by atoms with E-state index in [0.29, 0.717) is 12.1 Å². The summed E-state index contributed by atoms with van der Waals surface area (Å²) >= 11 is 6.92. The Balaban J connectivity index is 2.00. The zero-order chi connectivity index (χ0) is 14.5. The van der Waals surface area contributed by atoms with E-state index in [0.717, 1.165) is 20.2 Å². The predicted octanol–water partition coefficient (Wildman–Crippen LogP) is 4.61. The number of benzene rings is 2. The van der Waals surface area contributed by atoms with Crippen LogP contribution in [0.2, 0.25) is 0 Å². The largest absolute Gasteiger partial charge is 0.465 e. The Labute approximate surface area is 134 Å². The Kier molecular flexibility index (Phi) is 5.20. The second-order valence-electron chi connectivity index (χ2n) is 4.17. The molecule has 0 aliphatic rings. The Bertz CT molecular complexity index is 612. The van der Waals surface area contributed by atoms with Gasteiger partial charge in [-0.2, -0.15) is 0 Å². The van der Waals surface area contributed by atoms with Crippen molar-refractivity contribution < 1.29 is 9.53 Å². The van der Waals surface area contributed by atoms with Crippen LogP contribution in [0.4, 0.5) is 5.69 Å². The summed E-state index contributed by atoms with van der Waals surface area (Å²) in [5.41, 5.74) is 2.67. The number of methoxy groups -OCH3 is 1. The van der Waals surface area contributed by atoms with Crippen molar-refractivity contribution in [3.63, 3.8) is 0 Å². The quantitative estimate of drug-likeness (QED) is 0.764. The van der Waals surface area contributed by atoms with Gasteiger partial charge in [0.2, 0.25) is 0 Å². The molecule has 0 heterocycles. The molecule has 2 aromatic rings. The normalized spacial score (nSPS) is 10.2. The average molecular weight is 399 g/mol. The highest BCUT2D eigenvalue weighted by Gasteiger charge is 2.04. The van der Waals surface area contributed by atoms with Crippen LogP contribution in [0.3, 0.4) is 0 Å². The summed E-state index contributed by atoms with van der Waals surface area (Å²) in [5.74, 6) is -0.326. The number of hydrogen-bond donors (Lipinski definition) is 1. The molecule has 20 heavy (non-hydrogen) atoms. The lowest BCUT2D eigenvalue weighted by atomic mass is 10.2. The molecule has 0 atom stereocenters. The third-order valence-electron chi connectivity index (χ3n) is 2.79. The predicted molar refractivity (Wildman–Crippen MR) is 87.0 cm³/mol. The van der Waals surface area contributed by atoms with Crippen LogP contribution in [0, 0.1) is 0 Å². The fourth-order valence-corrected chi connectivity index (χ4v) is 2.37. The molecular formula is C15H13Br2NO2. The van der Waals surface area contributed by atoms with Crippen LogP contribution in [0.5, 0.6) is 0 Å². The standard InChI is InChI=1S/C15H13Br2NO2/c1-20-15(19)11-3-5-12(6-4-11)18-9-10-2-7-13(16)14(17)8-10/h2-8,18H,9H2,1H3. The number of nitrogens with one attached hydrogen (secondary N) is 1. The molecule has 0 fully saturated rings. The minimum atomic E-state index is -0.326. The first-order valence-electron chi connectivity index (χ1n) is 5.96. The molecule has 0 bridgehead atoms. The summed E-state index contributed by atoms with van der Waals surface area (Å²) in [6, 6.07) is 13.3. The minimum absolute atomic E-state index is 0.326. The van der Waals surface area contributed by atoms with Crippen LogP contribution in [0.1, 0.15) is 15.9 Å². The maximum Gasteiger partial charge on any atom is 0.337 e. The van der Waals surface area contributed by atoms with Gasteiger partial charge in [0.05, 0.1) is 12.7 Å². The van der Waals surface area contributed by atoms with Gasteiger partial charge in [-0.05, 0) is 73.8 Å². The fourth-order valence-electron chi connectivity index (χ4n) is 1.70. The van der Waals surface area contributed by atoms with Crippen molar-refractivity contribution in [1.29, 1.82) is 0 Å². The summed E-state index contributed by atoms with van der Waals surface area (Å²) in [6.45, 7) is 0.712. The summed E-state index contributed by atoms with van der Waals surface area (Å²) in [5, 5.41) is 3.30. The summed E-state index contributed by atoms with van der Waals surface area (Å²) in [7, 11) is 1.37. The average Bonchev–Trinajstić information content (AvgIpc) is 2.48. The van der Waals surface area contributed by atoms with E-state index in [2.05, 4.69) is 48.0 Å². The number of halogens is 2. The number of ether oxygens (including phenoxy) is 1. The lowest BCUT2D eigenvalue weighted by Gasteiger charge is -2.08. The first-order chi connectivity index (χ1) is 9.60. The van der Waals surface area contributed by atoms with E-state index >= 15 is 0 Å². The van der Waals surface area contributed by atoms with E-state index in [9.17, 15) is 4.79 Å². The van der Waals surface area contributed by atoms with Gasteiger partial charge in [0, 0.05) is 21.2 Å². The zero-order valence-corrected chi connectivity index (χ0v) is 14.0. The number of rotatable bonds is 4. The highest BCUT2D eigenvalue weighted by atomic mass is 79.9. The van der Waals surface area contributed by atoms with Crippen molar-refractivity contribution in [2.75, 3.05) is 12.4 Å². The third-order valence-corrected chi connectivity index (χ3v) is 4.67. The van der Waals surface area contributed by atoms with Crippen molar-refractivity contribution in [3.8, 4) is 0 Å². The molecule has 0 aliphatic carbocycles. The minimum Gasteiger partial charge on any atom is -0.465 e. The number of anilines is 1. The van der Waals surface area contributed by atoms with Crippen LogP contribution in [-0.2, 0) is 11.3 Å². The number of carbonyl (C=O) groups is 1. The number of esters is 1. The Morgan fingerprint density at radius 3 is 2.40 bits per heavy atom. The summed E-state index contributed by atoms with van der Waals surface area (Å²) in [6.07, 6.45) is 0. The maximum atomic E-state index is 11.3.